The minimum Gasteiger partial charge on any atom is -0.466 e. The molecule has 3 unspecified atom stereocenters. The zero-order valence-corrected chi connectivity index (χ0v) is 17.7. The van der Waals surface area contributed by atoms with Crippen molar-refractivity contribution in [3.8, 4) is 0 Å². The molecular formula is C24H29NO4. The van der Waals surface area contributed by atoms with Crippen molar-refractivity contribution in [3.63, 3.8) is 0 Å². The van der Waals surface area contributed by atoms with Gasteiger partial charge in [-0.1, -0.05) is 41.5 Å². The highest BCUT2D eigenvalue weighted by atomic mass is 16.5. The number of hydrogen-bond acceptors (Lipinski definition) is 4. The number of benzene rings is 1. The van der Waals surface area contributed by atoms with Crippen LogP contribution in [0.3, 0.4) is 0 Å². The van der Waals surface area contributed by atoms with Crippen LogP contribution in [0, 0.1) is 33.6 Å². The molecule has 29 heavy (non-hydrogen) atoms. The average Bonchev–Trinajstić information content (AvgIpc) is 3.20. The van der Waals surface area contributed by atoms with Gasteiger partial charge in [0.2, 0.25) is 0 Å². The third-order valence-corrected chi connectivity index (χ3v) is 5.29. The first-order chi connectivity index (χ1) is 13.8. The normalized spacial score (nSPS) is 19.2. The van der Waals surface area contributed by atoms with Crippen LogP contribution >= 0.6 is 0 Å². The van der Waals surface area contributed by atoms with Gasteiger partial charge < -0.3 is 14.5 Å². The maximum atomic E-state index is 12.8. The smallest absolute Gasteiger partial charge is 0.314 e. The van der Waals surface area contributed by atoms with Crippen LogP contribution in [0.4, 0.5) is 0 Å². The van der Waals surface area contributed by atoms with E-state index < -0.39 is 0 Å². The molecule has 1 aliphatic rings. The van der Waals surface area contributed by atoms with Crippen LogP contribution in [0.25, 0.3) is 0 Å². The predicted molar refractivity (Wildman–Crippen MR) is 112 cm³/mol. The van der Waals surface area contributed by atoms with Crippen LogP contribution in [-0.4, -0.2) is 24.5 Å². The lowest BCUT2D eigenvalue weighted by atomic mass is 9.84. The minimum atomic E-state index is -0.385. The van der Waals surface area contributed by atoms with Crippen molar-refractivity contribution in [3.05, 3.63) is 70.2 Å². The Morgan fingerprint density at radius 3 is 2.38 bits per heavy atom. The Balaban J connectivity index is 1.77. The first kappa shape index (κ1) is 20.9. The van der Waals surface area contributed by atoms with Crippen LogP contribution in [-0.2, 0) is 9.53 Å². The van der Waals surface area contributed by atoms with Crippen LogP contribution in [0.5, 0.6) is 0 Å². The lowest BCUT2D eigenvalue weighted by Crippen LogP contribution is -2.34. The number of allylic oxidation sites excluding steroid dienone is 1. The van der Waals surface area contributed by atoms with Gasteiger partial charge in [-0.2, -0.15) is 0 Å². The maximum absolute atomic E-state index is 12.8. The fraction of sp³-hybridized carbons (Fsp3) is 0.417. The summed E-state index contributed by atoms with van der Waals surface area (Å²) in [5.74, 6) is 0.523. The Morgan fingerprint density at radius 2 is 1.79 bits per heavy atom. The number of rotatable bonds is 6. The second-order valence-electron chi connectivity index (χ2n) is 7.84. The van der Waals surface area contributed by atoms with Crippen molar-refractivity contribution in [1.82, 2.24) is 5.32 Å². The molecule has 3 atom stereocenters. The molecule has 1 amide bonds. The summed E-state index contributed by atoms with van der Waals surface area (Å²) in [6.07, 6.45) is 4.65. The van der Waals surface area contributed by atoms with Gasteiger partial charge in [0.15, 0.2) is 0 Å². The molecule has 5 nitrogen and oxygen atoms in total. The number of carbonyl (C=O) groups is 2. The standard InChI is InChI=1S/C24H29NO4/c1-6-28-24(27)22(19-10-14(2)9-15(3)11-19)18-7-8-20(13-18)25-23(26)21-12-16(4)29-17(21)5/h7-12,18,20,22H,6,13H2,1-5H3,(H,25,26). The second-order valence-corrected chi connectivity index (χ2v) is 7.84. The maximum Gasteiger partial charge on any atom is 0.314 e. The van der Waals surface area contributed by atoms with Crippen molar-refractivity contribution in [1.29, 1.82) is 0 Å². The van der Waals surface area contributed by atoms with E-state index in [2.05, 4.69) is 11.4 Å². The Bertz CT molecular complexity index is 920. The fourth-order valence-electron chi connectivity index (χ4n) is 4.16. The van der Waals surface area contributed by atoms with E-state index in [1.54, 1.807) is 13.0 Å². The first-order valence-electron chi connectivity index (χ1n) is 10.1. The molecule has 1 aromatic carbocycles. The van der Waals surface area contributed by atoms with Crippen LogP contribution in [0.15, 0.2) is 40.8 Å². The molecule has 0 fully saturated rings. The van der Waals surface area contributed by atoms with Gasteiger partial charge in [-0.25, -0.2) is 0 Å². The van der Waals surface area contributed by atoms with Crippen LogP contribution in [0.2, 0.25) is 0 Å². The van der Waals surface area contributed by atoms with E-state index in [4.69, 9.17) is 9.15 Å². The van der Waals surface area contributed by atoms with E-state index in [1.807, 2.05) is 52.0 Å². The summed E-state index contributed by atoms with van der Waals surface area (Å²) in [6, 6.07) is 7.80. The van der Waals surface area contributed by atoms with E-state index in [1.165, 1.54) is 0 Å². The van der Waals surface area contributed by atoms with Crippen molar-refractivity contribution in [2.75, 3.05) is 6.61 Å². The lowest BCUT2D eigenvalue weighted by molar-refractivity contribution is -0.146. The SMILES string of the molecule is CCOC(=O)C(c1cc(C)cc(C)c1)C1C=CC(NC(=O)c2cc(C)oc2C)C1. The number of carbonyl (C=O) groups excluding carboxylic acids is 2. The van der Waals surface area contributed by atoms with Gasteiger partial charge in [0, 0.05) is 6.04 Å². The molecule has 0 aliphatic heterocycles. The summed E-state index contributed by atoms with van der Waals surface area (Å²) in [7, 11) is 0. The summed E-state index contributed by atoms with van der Waals surface area (Å²) in [5, 5.41) is 3.04. The van der Waals surface area contributed by atoms with Crippen molar-refractivity contribution in [2.45, 2.75) is 53.0 Å². The first-order valence-corrected chi connectivity index (χ1v) is 10.1. The number of aryl methyl sites for hydroxylation is 4. The van der Waals surface area contributed by atoms with Crippen LogP contribution < -0.4 is 5.32 Å². The van der Waals surface area contributed by atoms with E-state index in [-0.39, 0.29) is 29.8 Å². The van der Waals surface area contributed by atoms with E-state index in [0.717, 1.165) is 16.7 Å². The highest BCUT2D eigenvalue weighted by Crippen LogP contribution is 2.35. The Hall–Kier alpha value is -2.82. The molecule has 1 aliphatic carbocycles. The molecule has 154 valence electrons. The number of ether oxygens (including phenoxy) is 1. The van der Waals surface area contributed by atoms with E-state index in [0.29, 0.717) is 30.1 Å². The topological polar surface area (TPSA) is 68.5 Å². The molecule has 0 radical (unpaired) electrons. The largest absolute Gasteiger partial charge is 0.466 e. The predicted octanol–water partition coefficient (Wildman–Crippen LogP) is 4.53. The zero-order valence-electron chi connectivity index (χ0n) is 17.7. The number of hydrogen-bond donors (Lipinski definition) is 1. The molecular weight excluding hydrogens is 366 g/mol. The molecule has 1 aromatic heterocycles. The molecule has 0 bridgehead atoms. The third kappa shape index (κ3) is 4.78. The molecule has 1 heterocycles. The van der Waals surface area contributed by atoms with Gasteiger partial charge in [-0.05, 0) is 58.6 Å². The Labute approximate surface area is 172 Å². The Kier molecular flexibility index (Phi) is 6.26. The quantitative estimate of drug-likeness (QED) is 0.576. The molecule has 0 spiro atoms. The summed E-state index contributed by atoms with van der Waals surface area (Å²) >= 11 is 0. The third-order valence-electron chi connectivity index (χ3n) is 5.29. The van der Waals surface area contributed by atoms with E-state index in [9.17, 15) is 9.59 Å². The molecule has 5 heteroatoms. The molecule has 1 N–H and O–H groups in total. The summed E-state index contributed by atoms with van der Waals surface area (Å²) in [5.41, 5.74) is 3.75. The van der Waals surface area contributed by atoms with Gasteiger partial charge in [-0.3, -0.25) is 9.59 Å². The van der Waals surface area contributed by atoms with Gasteiger partial charge in [0.05, 0.1) is 18.1 Å². The van der Waals surface area contributed by atoms with Crippen molar-refractivity contribution >= 4 is 11.9 Å². The number of amides is 1. The van der Waals surface area contributed by atoms with Crippen molar-refractivity contribution < 1.29 is 18.7 Å². The van der Waals surface area contributed by atoms with Gasteiger partial charge >= 0.3 is 5.97 Å². The lowest BCUT2D eigenvalue weighted by Gasteiger charge is -2.23. The van der Waals surface area contributed by atoms with Crippen LogP contribution in [0.1, 0.15) is 57.8 Å². The molecule has 0 saturated heterocycles. The highest BCUT2D eigenvalue weighted by molar-refractivity contribution is 5.95. The molecule has 2 aromatic rings. The minimum absolute atomic E-state index is 0.0345. The van der Waals surface area contributed by atoms with Gasteiger partial charge in [0.1, 0.15) is 11.5 Å². The number of esters is 1. The zero-order chi connectivity index (χ0) is 21.1. The highest BCUT2D eigenvalue weighted by Gasteiger charge is 2.34. The average molecular weight is 395 g/mol. The summed E-state index contributed by atoms with van der Waals surface area (Å²) in [4.78, 5) is 25.4. The fourth-order valence-corrected chi connectivity index (χ4v) is 4.16. The van der Waals surface area contributed by atoms with E-state index >= 15 is 0 Å². The summed E-state index contributed by atoms with van der Waals surface area (Å²) < 4.78 is 10.8. The monoisotopic (exact) mass is 395 g/mol. The number of furan rings is 1. The second kappa shape index (κ2) is 8.68. The molecule has 0 saturated carbocycles. The van der Waals surface area contributed by atoms with Crippen molar-refractivity contribution in [2.24, 2.45) is 5.92 Å². The number of nitrogens with one attached hydrogen (secondary N) is 1. The Morgan fingerprint density at radius 1 is 1.10 bits per heavy atom. The van der Waals surface area contributed by atoms with Gasteiger partial charge in [-0.15, -0.1) is 0 Å². The summed E-state index contributed by atoms with van der Waals surface area (Å²) in [6.45, 7) is 9.83. The molecule has 3 rings (SSSR count). The van der Waals surface area contributed by atoms with Gasteiger partial charge in [0.25, 0.3) is 5.91 Å².